The van der Waals surface area contributed by atoms with Crippen molar-refractivity contribution in [1.29, 1.82) is 0 Å². The maximum atomic E-state index is 14.9. The van der Waals surface area contributed by atoms with Crippen molar-refractivity contribution in [3.05, 3.63) is 93.2 Å². The molecular weight excluding hydrogens is 520 g/mol. The molecule has 0 spiro atoms. The normalized spacial score (nSPS) is 18.8. The molecule has 1 aliphatic rings. The molecule has 0 aliphatic carbocycles. The molecule has 0 unspecified atom stereocenters. The number of benzene rings is 3. The Morgan fingerprint density at radius 2 is 1.72 bits per heavy atom. The number of hydrogen-bond acceptors (Lipinski definition) is 4. The first-order valence-corrected chi connectivity index (χ1v) is 11.4. The summed E-state index contributed by atoms with van der Waals surface area (Å²) in [6.45, 7) is -1.72. The number of nitrogens with zero attached hydrogens (tertiary/aromatic N) is 1. The SMILES string of the molecule is O=C(Nc1ccc(C(=O)N2CCC(F)(F)[C@](O)(CO)c3cc(Cl)ccc32)cc1)c1cc(F)ccc1Cl. The van der Waals surface area contributed by atoms with E-state index in [1.807, 2.05) is 0 Å². The lowest BCUT2D eigenvalue weighted by Gasteiger charge is -2.33. The number of aliphatic hydroxyl groups excluding tert-OH is 1. The Morgan fingerprint density at radius 1 is 1.03 bits per heavy atom. The molecule has 36 heavy (non-hydrogen) atoms. The Labute approximate surface area is 213 Å². The predicted molar refractivity (Wildman–Crippen MR) is 129 cm³/mol. The number of halogens is 5. The van der Waals surface area contributed by atoms with E-state index in [4.69, 9.17) is 23.2 Å². The van der Waals surface area contributed by atoms with E-state index in [0.717, 1.165) is 23.1 Å². The van der Waals surface area contributed by atoms with Gasteiger partial charge >= 0.3 is 0 Å². The molecule has 11 heteroatoms. The van der Waals surface area contributed by atoms with Gasteiger partial charge in [0.1, 0.15) is 5.82 Å². The zero-order valence-corrected chi connectivity index (χ0v) is 20.0. The van der Waals surface area contributed by atoms with Crippen LogP contribution in [0.3, 0.4) is 0 Å². The van der Waals surface area contributed by atoms with Gasteiger partial charge in [-0.05, 0) is 60.7 Å². The van der Waals surface area contributed by atoms with Crippen molar-refractivity contribution in [3.8, 4) is 0 Å². The van der Waals surface area contributed by atoms with Gasteiger partial charge in [0.2, 0.25) is 0 Å². The summed E-state index contributed by atoms with van der Waals surface area (Å²) >= 11 is 11.9. The zero-order valence-electron chi connectivity index (χ0n) is 18.4. The van der Waals surface area contributed by atoms with Crippen LogP contribution < -0.4 is 10.2 Å². The third-order valence-corrected chi connectivity index (χ3v) is 6.55. The zero-order chi connectivity index (χ0) is 26.3. The van der Waals surface area contributed by atoms with Crippen LogP contribution in [0.15, 0.2) is 60.7 Å². The largest absolute Gasteiger partial charge is 0.393 e. The highest BCUT2D eigenvalue weighted by Crippen LogP contribution is 2.47. The average Bonchev–Trinajstić information content (AvgIpc) is 2.93. The number of alkyl halides is 2. The van der Waals surface area contributed by atoms with Crippen molar-refractivity contribution in [2.45, 2.75) is 17.9 Å². The first kappa shape index (κ1) is 26.0. The molecule has 0 bridgehead atoms. The number of carbonyl (C=O) groups is 2. The summed E-state index contributed by atoms with van der Waals surface area (Å²) in [5.41, 5.74) is -3.01. The van der Waals surface area contributed by atoms with Crippen molar-refractivity contribution >= 4 is 46.4 Å². The Bertz CT molecular complexity index is 1340. The average molecular weight is 539 g/mol. The summed E-state index contributed by atoms with van der Waals surface area (Å²) in [5, 5.41) is 23.0. The minimum absolute atomic E-state index is 0.0174. The first-order chi connectivity index (χ1) is 17.0. The van der Waals surface area contributed by atoms with Crippen molar-refractivity contribution < 1.29 is 33.0 Å². The molecule has 3 N–H and O–H groups in total. The smallest absolute Gasteiger partial charge is 0.284 e. The number of nitrogens with one attached hydrogen (secondary N) is 1. The number of rotatable bonds is 4. The van der Waals surface area contributed by atoms with E-state index in [1.54, 1.807) is 0 Å². The van der Waals surface area contributed by atoms with Gasteiger partial charge in [0, 0.05) is 34.8 Å². The van der Waals surface area contributed by atoms with E-state index < -0.39 is 48.7 Å². The third-order valence-electron chi connectivity index (χ3n) is 5.99. The molecule has 1 aliphatic heterocycles. The number of carbonyl (C=O) groups excluding carboxylic acids is 2. The van der Waals surface area contributed by atoms with Gasteiger partial charge in [0.15, 0.2) is 5.60 Å². The molecule has 0 radical (unpaired) electrons. The number of anilines is 2. The Balaban J connectivity index is 1.62. The number of aliphatic hydroxyl groups is 2. The van der Waals surface area contributed by atoms with Crippen LogP contribution in [0, 0.1) is 5.82 Å². The van der Waals surface area contributed by atoms with Crippen molar-refractivity contribution in [3.63, 3.8) is 0 Å². The minimum atomic E-state index is -3.75. The van der Waals surface area contributed by atoms with E-state index in [-0.39, 0.29) is 38.1 Å². The van der Waals surface area contributed by atoms with Crippen LogP contribution in [-0.4, -0.2) is 41.1 Å². The fourth-order valence-corrected chi connectivity index (χ4v) is 4.36. The van der Waals surface area contributed by atoms with Gasteiger partial charge in [0.25, 0.3) is 17.7 Å². The highest BCUT2D eigenvalue weighted by Gasteiger charge is 2.56. The lowest BCUT2D eigenvalue weighted by Crippen LogP contribution is -2.48. The number of amides is 2. The summed E-state index contributed by atoms with van der Waals surface area (Å²) in [6.07, 6.45) is -0.912. The maximum absolute atomic E-state index is 14.9. The molecule has 0 saturated carbocycles. The van der Waals surface area contributed by atoms with E-state index in [2.05, 4.69) is 5.32 Å². The van der Waals surface area contributed by atoms with Crippen LogP contribution in [0.4, 0.5) is 24.5 Å². The van der Waals surface area contributed by atoms with E-state index in [0.29, 0.717) is 0 Å². The fraction of sp³-hybridized carbons (Fsp3) is 0.200. The van der Waals surface area contributed by atoms with Crippen LogP contribution in [0.25, 0.3) is 0 Å². The van der Waals surface area contributed by atoms with E-state index >= 15 is 0 Å². The van der Waals surface area contributed by atoms with Crippen LogP contribution in [0.1, 0.15) is 32.7 Å². The topological polar surface area (TPSA) is 89.9 Å². The van der Waals surface area contributed by atoms with Crippen LogP contribution in [0.2, 0.25) is 10.0 Å². The predicted octanol–water partition coefficient (Wildman–Crippen LogP) is 5.25. The Hall–Kier alpha value is -3.11. The van der Waals surface area contributed by atoms with Gasteiger partial charge in [-0.3, -0.25) is 9.59 Å². The van der Waals surface area contributed by atoms with Crippen LogP contribution in [-0.2, 0) is 5.60 Å². The molecule has 3 aromatic rings. The standard InChI is InChI=1S/C25H19Cl2F3N2O4/c26-15-3-8-21-19(11-15)24(36,13-33)25(29,30)9-10-32(21)23(35)14-1-5-17(6-2-14)31-22(34)18-12-16(28)4-7-20(18)27/h1-8,11-12,33,36H,9-10,13H2,(H,31,34)/t24-/m0/s1. The van der Waals surface area contributed by atoms with Gasteiger partial charge in [-0.1, -0.05) is 23.2 Å². The third kappa shape index (κ3) is 4.67. The number of fused-ring (bicyclic) bond motifs is 1. The lowest BCUT2D eigenvalue weighted by atomic mass is 9.86. The highest BCUT2D eigenvalue weighted by molar-refractivity contribution is 6.34. The molecule has 6 nitrogen and oxygen atoms in total. The second-order valence-corrected chi connectivity index (χ2v) is 9.09. The summed E-state index contributed by atoms with van der Waals surface area (Å²) in [7, 11) is 0. The van der Waals surface area contributed by atoms with E-state index in [1.165, 1.54) is 42.5 Å². The first-order valence-electron chi connectivity index (χ1n) is 10.7. The van der Waals surface area contributed by atoms with E-state index in [9.17, 15) is 33.0 Å². The molecule has 0 fully saturated rings. The lowest BCUT2D eigenvalue weighted by molar-refractivity contribution is -0.205. The molecule has 0 saturated heterocycles. The summed E-state index contributed by atoms with van der Waals surface area (Å²) < 4.78 is 43.2. The quantitative estimate of drug-likeness (QED) is 0.423. The van der Waals surface area contributed by atoms with Gasteiger partial charge < -0.3 is 20.4 Å². The molecule has 4 rings (SSSR count). The second-order valence-electron chi connectivity index (χ2n) is 8.25. The monoisotopic (exact) mass is 538 g/mol. The molecule has 0 aromatic heterocycles. The summed E-state index contributed by atoms with van der Waals surface area (Å²) in [6, 6.07) is 12.8. The van der Waals surface area contributed by atoms with Crippen molar-refractivity contribution in [1.82, 2.24) is 0 Å². The van der Waals surface area contributed by atoms with Gasteiger partial charge in [-0.2, -0.15) is 0 Å². The van der Waals surface area contributed by atoms with Crippen LogP contribution in [0.5, 0.6) is 0 Å². The van der Waals surface area contributed by atoms with Crippen LogP contribution >= 0.6 is 23.2 Å². The molecule has 1 atom stereocenters. The molecule has 2 amide bonds. The Morgan fingerprint density at radius 3 is 2.39 bits per heavy atom. The van der Waals surface area contributed by atoms with Crippen molar-refractivity contribution in [2.75, 3.05) is 23.4 Å². The maximum Gasteiger partial charge on any atom is 0.284 e. The summed E-state index contributed by atoms with van der Waals surface area (Å²) in [5.74, 6) is -5.70. The molecule has 1 heterocycles. The second kappa shape index (κ2) is 9.74. The van der Waals surface area contributed by atoms with Gasteiger partial charge in [-0.15, -0.1) is 0 Å². The molecule has 188 valence electrons. The van der Waals surface area contributed by atoms with Gasteiger partial charge in [0.05, 0.1) is 22.9 Å². The minimum Gasteiger partial charge on any atom is -0.393 e. The molecular formula is C25H19Cl2F3N2O4. The molecule has 3 aromatic carbocycles. The number of hydrogen-bond donors (Lipinski definition) is 3. The van der Waals surface area contributed by atoms with Gasteiger partial charge in [-0.25, -0.2) is 13.2 Å². The Kier molecular flexibility index (Phi) is 7.03. The highest BCUT2D eigenvalue weighted by atomic mass is 35.5. The van der Waals surface area contributed by atoms with Crippen molar-refractivity contribution in [2.24, 2.45) is 0 Å². The fourth-order valence-electron chi connectivity index (χ4n) is 3.99. The summed E-state index contributed by atoms with van der Waals surface area (Å²) in [4.78, 5) is 26.8.